The molecule has 3 heteroatoms. The highest BCUT2D eigenvalue weighted by Crippen LogP contribution is 2.16. The first-order chi connectivity index (χ1) is 6.36. The molecule has 2 aromatic rings. The molecule has 0 atom stereocenters. The fourth-order valence-corrected chi connectivity index (χ4v) is 1.17. The van der Waals surface area contributed by atoms with Gasteiger partial charge in [-0.05, 0) is 24.6 Å². The lowest BCUT2D eigenvalue weighted by molar-refractivity contribution is 1.16. The Kier molecular flexibility index (Phi) is 2.00. The quantitative estimate of drug-likeness (QED) is 0.657. The Hall–Kier alpha value is -1.77. The Morgan fingerprint density at radius 3 is 2.54 bits per heavy atom. The van der Waals surface area contributed by atoms with Crippen LogP contribution in [0.5, 0.6) is 0 Å². The fourth-order valence-electron chi connectivity index (χ4n) is 1.17. The van der Waals surface area contributed by atoms with E-state index in [0.29, 0.717) is 0 Å². The molecule has 2 heterocycles. The molecule has 0 aliphatic carbocycles. The van der Waals surface area contributed by atoms with Gasteiger partial charge in [-0.15, -0.1) is 0 Å². The molecule has 0 unspecified atom stereocenters. The van der Waals surface area contributed by atoms with Crippen LogP contribution in [0, 0.1) is 6.92 Å². The zero-order valence-corrected chi connectivity index (χ0v) is 7.31. The second kappa shape index (κ2) is 3.31. The van der Waals surface area contributed by atoms with Gasteiger partial charge in [-0.1, -0.05) is 0 Å². The highest BCUT2D eigenvalue weighted by molar-refractivity contribution is 5.60. The van der Waals surface area contributed by atoms with Crippen molar-refractivity contribution in [2.24, 2.45) is 0 Å². The lowest BCUT2D eigenvalue weighted by Crippen LogP contribution is -1.84. The minimum absolute atomic E-state index is 1.00. The molecule has 13 heavy (non-hydrogen) atoms. The molecule has 3 nitrogen and oxygen atoms in total. The minimum Gasteiger partial charge on any atom is -0.262 e. The number of nitrogens with zero attached hydrogens (tertiary/aromatic N) is 3. The van der Waals surface area contributed by atoms with E-state index >= 15 is 0 Å². The highest BCUT2D eigenvalue weighted by atomic mass is 14.8. The molecule has 0 saturated carbocycles. The Bertz CT molecular complexity index is 398. The molecule has 0 aliphatic heterocycles. The second-order valence-corrected chi connectivity index (χ2v) is 2.81. The fraction of sp³-hybridized carbons (Fsp3) is 0.100. The van der Waals surface area contributed by atoms with Crippen molar-refractivity contribution in [3.63, 3.8) is 0 Å². The third-order valence-electron chi connectivity index (χ3n) is 1.79. The summed E-state index contributed by atoms with van der Waals surface area (Å²) in [6.07, 6.45) is 6.90. The molecule has 64 valence electrons. The summed E-state index contributed by atoms with van der Waals surface area (Å²) in [6.45, 7) is 1.97. The number of pyridine rings is 1. The van der Waals surface area contributed by atoms with Gasteiger partial charge in [0.05, 0.1) is 0 Å². The number of rotatable bonds is 1. The van der Waals surface area contributed by atoms with E-state index < -0.39 is 0 Å². The first kappa shape index (κ1) is 7.86. The Morgan fingerprint density at radius 2 is 1.85 bits per heavy atom. The third kappa shape index (κ3) is 1.69. The molecule has 0 radical (unpaired) electrons. The van der Waals surface area contributed by atoms with Crippen molar-refractivity contribution < 1.29 is 0 Å². The zero-order chi connectivity index (χ0) is 9.10. The second-order valence-electron chi connectivity index (χ2n) is 2.81. The largest absolute Gasteiger partial charge is 0.262 e. The summed E-state index contributed by atoms with van der Waals surface area (Å²) in [4.78, 5) is 12.0. The summed E-state index contributed by atoms with van der Waals surface area (Å²) in [5.74, 6) is 0. The van der Waals surface area contributed by atoms with Crippen molar-refractivity contribution in [3.05, 3.63) is 42.7 Å². The summed E-state index contributed by atoms with van der Waals surface area (Å²) in [7, 11) is 0. The smallest absolute Gasteiger partial charge is 0.115 e. The van der Waals surface area contributed by atoms with Gasteiger partial charge < -0.3 is 0 Å². The zero-order valence-electron chi connectivity index (χ0n) is 7.31. The van der Waals surface area contributed by atoms with E-state index in [1.807, 2.05) is 19.1 Å². The first-order valence-electron chi connectivity index (χ1n) is 4.04. The van der Waals surface area contributed by atoms with E-state index in [0.717, 1.165) is 16.8 Å². The van der Waals surface area contributed by atoms with Crippen molar-refractivity contribution in [3.8, 4) is 11.1 Å². The maximum Gasteiger partial charge on any atom is 0.115 e. The number of hydrogen-bond donors (Lipinski definition) is 0. The maximum atomic E-state index is 4.12. The van der Waals surface area contributed by atoms with Gasteiger partial charge in [-0.25, -0.2) is 9.97 Å². The van der Waals surface area contributed by atoms with E-state index in [1.165, 1.54) is 6.33 Å². The van der Waals surface area contributed by atoms with Crippen LogP contribution in [-0.2, 0) is 0 Å². The van der Waals surface area contributed by atoms with Crippen LogP contribution >= 0.6 is 0 Å². The van der Waals surface area contributed by atoms with Crippen LogP contribution in [-0.4, -0.2) is 15.0 Å². The van der Waals surface area contributed by atoms with E-state index in [2.05, 4.69) is 15.0 Å². The van der Waals surface area contributed by atoms with Crippen LogP contribution in [0.1, 0.15) is 5.69 Å². The molecule has 0 aliphatic rings. The van der Waals surface area contributed by atoms with Crippen LogP contribution < -0.4 is 0 Å². The average Bonchev–Trinajstić information content (AvgIpc) is 2.19. The van der Waals surface area contributed by atoms with Crippen LogP contribution in [0.15, 0.2) is 37.1 Å². The first-order valence-corrected chi connectivity index (χ1v) is 4.04. The Balaban J connectivity index is 2.48. The Labute approximate surface area is 76.5 Å². The summed E-state index contributed by atoms with van der Waals surface area (Å²) in [5.41, 5.74) is 3.13. The van der Waals surface area contributed by atoms with Gasteiger partial charge in [0.2, 0.25) is 0 Å². The molecular formula is C10H9N3. The summed E-state index contributed by atoms with van der Waals surface area (Å²) in [5, 5.41) is 0. The van der Waals surface area contributed by atoms with Gasteiger partial charge >= 0.3 is 0 Å². The van der Waals surface area contributed by atoms with Gasteiger partial charge in [-0.3, -0.25) is 4.98 Å². The van der Waals surface area contributed by atoms with E-state index in [9.17, 15) is 0 Å². The van der Waals surface area contributed by atoms with Crippen molar-refractivity contribution in [2.45, 2.75) is 6.92 Å². The van der Waals surface area contributed by atoms with Gasteiger partial charge in [0.25, 0.3) is 0 Å². The number of aromatic nitrogens is 3. The number of hydrogen-bond acceptors (Lipinski definition) is 3. The Morgan fingerprint density at radius 1 is 1.08 bits per heavy atom. The van der Waals surface area contributed by atoms with Crippen molar-refractivity contribution in [1.82, 2.24) is 15.0 Å². The predicted molar refractivity (Wildman–Crippen MR) is 50.0 cm³/mol. The molecule has 2 rings (SSSR count). The maximum absolute atomic E-state index is 4.12. The summed E-state index contributed by atoms with van der Waals surface area (Å²) >= 11 is 0. The molecule has 0 N–H and O–H groups in total. The molecule has 0 fully saturated rings. The normalized spacial score (nSPS) is 9.92. The van der Waals surface area contributed by atoms with Crippen LogP contribution in [0.4, 0.5) is 0 Å². The van der Waals surface area contributed by atoms with E-state index in [1.54, 1.807) is 18.6 Å². The summed E-state index contributed by atoms with van der Waals surface area (Å²) in [6, 6.07) is 3.96. The van der Waals surface area contributed by atoms with Crippen molar-refractivity contribution in [2.75, 3.05) is 0 Å². The third-order valence-corrected chi connectivity index (χ3v) is 1.79. The molecule has 0 bridgehead atoms. The van der Waals surface area contributed by atoms with E-state index in [4.69, 9.17) is 0 Å². The molecule has 0 spiro atoms. The van der Waals surface area contributed by atoms with Crippen LogP contribution in [0.25, 0.3) is 11.1 Å². The van der Waals surface area contributed by atoms with Gasteiger partial charge in [-0.2, -0.15) is 0 Å². The van der Waals surface area contributed by atoms with Gasteiger partial charge in [0.15, 0.2) is 0 Å². The lowest BCUT2D eigenvalue weighted by Gasteiger charge is -1.99. The standard InChI is InChI=1S/C10H9N3/c1-8-4-9(2-3-13-8)10-5-11-7-12-6-10/h2-7H,1H3. The summed E-state index contributed by atoms with van der Waals surface area (Å²) < 4.78 is 0. The van der Waals surface area contributed by atoms with Gasteiger partial charge in [0, 0.05) is 29.8 Å². The topological polar surface area (TPSA) is 38.7 Å². The monoisotopic (exact) mass is 171 g/mol. The van der Waals surface area contributed by atoms with Crippen molar-refractivity contribution in [1.29, 1.82) is 0 Å². The molecule has 0 amide bonds. The molecule has 0 aromatic carbocycles. The predicted octanol–water partition coefficient (Wildman–Crippen LogP) is 1.85. The average molecular weight is 171 g/mol. The van der Waals surface area contributed by atoms with Crippen LogP contribution in [0.2, 0.25) is 0 Å². The number of aryl methyl sites for hydroxylation is 1. The van der Waals surface area contributed by atoms with Gasteiger partial charge in [0.1, 0.15) is 6.33 Å². The SMILES string of the molecule is Cc1cc(-c2cncnc2)ccn1. The van der Waals surface area contributed by atoms with Crippen molar-refractivity contribution >= 4 is 0 Å². The molecular weight excluding hydrogens is 162 g/mol. The lowest BCUT2D eigenvalue weighted by atomic mass is 10.1. The van der Waals surface area contributed by atoms with Crippen LogP contribution in [0.3, 0.4) is 0 Å². The highest BCUT2D eigenvalue weighted by Gasteiger charge is 1.96. The molecule has 0 saturated heterocycles. The molecule has 2 aromatic heterocycles. The van der Waals surface area contributed by atoms with E-state index in [-0.39, 0.29) is 0 Å². The minimum atomic E-state index is 1.00.